The number of nitrogens with one attached hydrogen (secondary N) is 3. The Morgan fingerprint density at radius 3 is 2.07 bits per heavy atom. The van der Waals surface area contributed by atoms with E-state index in [9.17, 15) is 19.6 Å². The molecule has 0 spiro atoms. The van der Waals surface area contributed by atoms with Crippen LogP contribution in [0.15, 0.2) is 40.8 Å². The van der Waals surface area contributed by atoms with Crippen molar-refractivity contribution in [1.82, 2.24) is 31.0 Å². The second-order valence-electron chi connectivity index (χ2n) is 11.2. The van der Waals surface area contributed by atoms with Gasteiger partial charge in [0.25, 0.3) is 11.8 Å². The van der Waals surface area contributed by atoms with Crippen LogP contribution >= 0.6 is 0 Å². The smallest absolute Gasteiger partial charge is 0.251 e. The fourth-order valence-electron chi connectivity index (χ4n) is 6.21. The van der Waals surface area contributed by atoms with E-state index in [1.807, 2.05) is 24.3 Å². The van der Waals surface area contributed by atoms with Crippen LogP contribution in [0.5, 0.6) is 0 Å². The van der Waals surface area contributed by atoms with Gasteiger partial charge in [-0.15, -0.1) is 10.2 Å². The van der Waals surface area contributed by atoms with Gasteiger partial charge >= 0.3 is 0 Å². The second-order valence-corrected chi connectivity index (χ2v) is 11.2. The normalized spacial score (nSPS) is 15.7. The zero-order valence-electron chi connectivity index (χ0n) is 25.0. The van der Waals surface area contributed by atoms with Gasteiger partial charge in [-0.05, 0) is 92.1 Å². The molecule has 1 fully saturated rings. The highest BCUT2D eigenvalue weighted by molar-refractivity contribution is 5.95. The summed E-state index contributed by atoms with van der Waals surface area (Å²) in [6.45, 7) is 4.00. The Balaban J connectivity index is 1.57. The number of rotatable bonds is 10. The molecule has 5 rings (SSSR count). The average molecular weight is 584 g/mol. The van der Waals surface area contributed by atoms with Crippen molar-refractivity contribution in [3.05, 3.63) is 81.6 Å². The van der Waals surface area contributed by atoms with Crippen molar-refractivity contribution in [2.75, 3.05) is 27.2 Å². The van der Waals surface area contributed by atoms with Crippen LogP contribution in [0.2, 0.25) is 0 Å². The molecule has 1 aromatic heterocycles. The molecule has 2 aliphatic carbocycles. The summed E-state index contributed by atoms with van der Waals surface area (Å²) < 4.78 is 6.18. The molecule has 0 saturated heterocycles. The molecule has 1 atom stereocenters. The molecule has 0 aliphatic heterocycles. The van der Waals surface area contributed by atoms with Gasteiger partial charge < -0.3 is 25.3 Å². The van der Waals surface area contributed by atoms with Gasteiger partial charge in [0, 0.05) is 38.2 Å². The van der Waals surface area contributed by atoms with Crippen molar-refractivity contribution < 1.29 is 18.8 Å². The minimum atomic E-state index is -0.920. The third-order valence-electron chi connectivity index (χ3n) is 8.45. The number of carbonyl (C=O) groups is 3. The van der Waals surface area contributed by atoms with Gasteiger partial charge in [-0.25, -0.2) is 0 Å². The highest BCUT2D eigenvalue weighted by Crippen LogP contribution is 2.47. The van der Waals surface area contributed by atoms with E-state index >= 15 is 0 Å². The van der Waals surface area contributed by atoms with Crippen LogP contribution in [0.3, 0.4) is 0 Å². The Bertz CT molecular complexity index is 1520. The lowest BCUT2D eigenvalue weighted by molar-refractivity contribution is -0.131. The van der Waals surface area contributed by atoms with Crippen LogP contribution < -0.4 is 16.0 Å². The number of benzene rings is 2. The molecule has 2 aliphatic rings. The van der Waals surface area contributed by atoms with E-state index in [1.54, 1.807) is 45.0 Å². The molecule has 11 nitrogen and oxygen atoms in total. The molecule has 224 valence electrons. The predicted octanol–water partition coefficient (Wildman–Crippen LogP) is 2.41. The van der Waals surface area contributed by atoms with Gasteiger partial charge in [0.15, 0.2) is 0 Å². The van der Waals surface area contributed by atoms with E-state index < -0.39 is 11.5 Å². The van der Waals surface area contributed by atoms with Gasteiger partial charge in [-0.1, -0.05) is 12.1 Å². The summed E-state index contributed by atoms with van der Waals surface area (Å²) >= 11 is 0. The molecular formula is C32H37N7O4. The van der Waals surface area contributed by atoms with Crippen molar-refractivity contribution in [3.63, 3.8) is 0 Å². The standard InChI is InChI=1S/C32H37N7O4/c1-19(17-33)39(25-9-10-25)28(40)18-36-14-13-32(31-38-37-20(2)43-31)26-11-7-23(29(41)34-3)15-21(26)5-6-22-16-24(30(42)35-4)8-12-27(22)32/h7-8,11-12,15-16,19,25,36H,5-6,9-10,13-14,18H2,1-4H3,(H,34,41)(H,35,42). The Kier molecular flexibility index (Phi) is 8.59. The van der Waals surface area contributed by atoms with Gasteiger partial charge in [0.2, 0.25) is 17.7 Å². The number of carbonyl (C=O) groups excluding carboxylic acids is 3. The van der Waals surface area contributed by atoms with Crippen LogP contribution in [0, 0.1) is 18.3 Å². The fourth-order valence-corrected chi connectivity index (χ4v) is 6.21. The predicted molar refractivity (Wildman–Crippen MR) is 158 cm³/mol. The zero-order valence-corrected chi connectivity index (χ0v) is 25.0. The van der Waals surface area contributed by atoms with Crippen LogP contribution in [-0.4, -0.2) is 72.1 Å². The average Bonchev–Trinajstić information content (AvgIpc) is 3.78. The number of nitriles is 1. The number of aryl methyl sites for hydroxylation is 3. The van der Waals surface area contributed by atoms with Gasteiger partial charge in [-0.3, -0.25) is 14.4 Å². The van der Waals surface area contributed by atoms with Crippen molar-refractivity contribution in [2.24, 2.45) is 0 Å². The van der Waals surface area contributed by atoms with Gasteiger partial charge in [0.05, 0.1) is 12.6 Å². The first-order chi connectivity index (χ1) is 20.7. The van der Waals surface area contributed by atoms with E-state index in [2.05, 4.69) is 32.2 Å². The van der Waals surface area contributed by atoms with E-state index in [0.29, 0.717) is 48.7 Å². The summed E-state index contributed by atoms with van der Waals surface area (Å²) in [6.07, 6.45) is 3.56. The molecule has 3 N–H and O–H groups in total. The van der Waals surface area contributed by atoms with Gasteiger partial charge in [0.1, 0.15) is 11.5 Å². The van der Waals surface area contributed by atoms with E-state index in [1.165, 1.54) is 0 Å². The second kappa shape index (κ2) is 12.4. The first kappa shape index (κ1) is 29.9. The molecule has 3 amide bonds. The number of hydrogen-bond donors (Lipinski definition) is 3. The maximum absolute atomic E-state index is 13.1. The summed E-state index contributed by atoms with van der Waals surface area (Å²) in [5.41, 5.74) is 3.97. The molecule has 0 radical (unpaired) electrons. The minimum Gasteiger partial charge on any atom is -0.424 e. The lowest BCUT2D eigenvalue weighted by Gasteiger charge is -2.34. The summed E-state index contributed by atoms with van der Waals surface area (Å²) in [6, 6.07) is 13.2. The molecule has 1 saturated carbocycles. The molecule has 2 aromatic carbocycles. The largest absolute Gasteiger partial charge is 0.424 e. The van der Waals surface area contributed by atoms with Crippen molar-refractivity contribution >= 4 is 17.7 Å². The molecular weight excluding hydrogens is 546 g/mol. The highest BCUT2D eigenvalue weighted by atomic mass is 16.4. The van der Waals surface area contributed by atoms with Crippen molar-refractivity contribution in [1.29, 1.82) is 5.26 Å². The summed E-state index contributed by atoms with van der Waals surface area (Å²) in [5, 5.41) is 26.9. The van der Waals surface area contributed by atoms with Crippen molar-refractivity contribution in [2.45, 2.75) is 63.5 Å². The van der Waals surface area contributed by atoms with Crippen LogP contribution in [0.4, 0.5) is 0 Å². The number of aromatic nitrogens is 2. The summed E-state index contributed by atoms with van der Waals surface area (Å²) in [4.78, 5) is 40.0. The SMILES string of the molecule is CNC(=O)c1ccc2c(c1)CCc1cc(C(=O)NC)ccc1C2(CCNCC(=O)N(C(C)C#N)C1CC1)c1nnc(C)o1. The molecule has 0 bridgehead atoms. The fraction of sp³-hybridized carbons (Fsp3) is 0.438. The topological polar surface area (TPSA) is 153 Å². The Labute approximate surface area is 251 Å². The summed E-state index contributed by atoms with van der Waals surface area (Å²) in [5.74, 6) is 0.349. The molecule has 1 heterocycles. The first-order valence-electron chi connectivity index (χ1n) is 14.7. The molecule has 43 heavy (non-hydrogen) atoms. The third kappa shape index (κ3) is 5.75. The quantitative estimate of drug-likeness (QED) is 0.308. The number of fused-ring (bicyclic) bond motifs is 2. The first-order valence-corrected chi connectivity index (χ1v) is 14.7. The number of nitrogens with zero attached hydrogens (tertiary/aromatic N) is 4. The van der Waals surface area contributed by atoms with Crippen LogP contribution in [-0.2, 0) is 23.1 Å². The van der Waals surface area contributed by atoms with Crippen LogP contribution in [0.25, 0.3) is 0 Å². The van der Waals surface area contributed by atoms with Gasteiger partial charge in [-0.2, -0.15) is 5.26 Å². The zero-order chi connectivity index (χ0) is 30.7. The highest BCUT2D eigenvalue weighted by Gasteiger charge is 2.45. The monoisotopic (exact) mass is 583 g/mol. The molecule has 3 aromatic rings. The minimum absolute atomic E-state index is 0.0897. The van der Waals surface area contributed by atoms with E-state index in [-0.39, 0.29) is 30.3 Å². The van der Waals surface area contributed by atoms with E-state index in [4.69, 9.17) is 4.42 Å². The number of amides is 3. The Morgan fingerprint density at radius 2 is 1.60 bits per heavy atom. The number of hydrogen-bond acceptors (Lipinski definition) is 8. The van der Waals surface area contributed by atoms with Crippen LogP contribution in [0.1, 0.15) is 80.9 Å². The van der Waals surface area contributed by atoms with E-state index in [0.717, 1.165) is 35.1 Å². The molecule has 1 unspecified atom stereocenters. The lowest BCUT2D eigenvalue weighted by Crippen LogP contribution is -2.45. The lowest BCUT2D eigenvalue weighted by atomic mass is 9.69. The third-order valence-corrected chi connectivity index (χ3v) is 8.45. The van der Waals surface area contributed by atoms with Crippen molar-refractivity contribution in [3.8, 4) is 6.07 Å². The molecule has 11 heteroatoms. The summed E-state index contributed by atoms with van der Waals surface area (Å²) in [7, 11) is 3.20. The Hall–Kier alpha value is -4.56. The maximum atomic E-state index is 13.1. The maximum Gasteiger partial charge on any atom is 0.251 e. The Morgan fingerprint density at radius 1 is 1.02 bits per heavy atom.